The van der Waals surface area contributed by atoms with Crippen LogP contribution >= 0.6 is 11.3 Å². The van der Waals surface area contributed by atoms with Crippen LogP contribution in [-0.2, 0) is 11.3 Å². The number of amides is 1. The Morgan fingerprint density at radius 1 is 1.35 bits per heavy atom. The summed E-state index contributed by atoms with van der Waals surface area (Å²) in [5.74, 6) is 0.0366. The summed E-state index contributed by atoms with van der Waals surface area (Å²) in [5, 5.41) is 3.20. The minimum absolute atomic E-state index is 0.0366. The molecule has 5 nitrogen and oxygen atoms in total. The number of rotatable bonds is 2. The Morgan fingerprint density at radius 2 is 2.00 bits per heavy atom. The van der Waals surface area contributed by atoms with E-state index < -0.39 is 0 Å². The summed E-state index contributed by atoms with van der Waals surface area (Å²) in [6.45, 7) is 7.11. The molecule has 2 heterocycles. The highest BCUT2D eigenvalue weighted by molar-refractivity contribution is 7.09. The first-order chi connectivity index (χ1) is 8.09. The van der Waals surface area contributed by atoms with Crippen LogP contribution in [0.3, 0.4) is 0 Å². The fourth-order valence-corrected chi connectivity index (χ4v) is 2.75. The lowest BCUT2D eigenvalue weighted by atomic mass is 10.3. The van der Waals surface area contributed by atoms with Crippen molar-refractivity contribution in [2.45, 2.75) is 20.4 Å². The summed E-state index contributed by atoms with van der Waals surface area (Å²) in [5.41, 5.74) is 0.906. The summed E-state index contributed by atoms with van der Waals surface area (Å²) in [4.78, 5) is 26.5. The van der Waals surface area contributed by atoms with E-state index in [0.717, 1.165) is 36.8 Å². The van der Waals surface area contributed by atoms with E-state index >= 15 is 0 Å². The van der Waals surface area contributed by atoms with Gasteiger partial charge in [-0.1, -0.05) is 11.3 Å². The second-order valence-corrected chi connectivity index (χ2v) is 5.39. The molecule has 94 valence electrons. The zero-order valence-corrected chi connectivity index (χ0v) is 11.0. The van der Waals surface area contributed by atoms with Gasteiger partial charge in [-0.05, 0) is 13.8 Å². The molecule has 1 fully saturated rings. The highest BCUT2D eigenvalue weighted by Gasteiger charge is 2.18. The number of thiazole rings is 1. The molecule has 0 atom stereocenters. The molecule has 1 aromatic heterocycles. The molecule has 2 rings (SSSR count). The number of nitrogens with one attached hydrogen (secondary N) is 1. The monoisotopic (exact) mass is 255 g/mol. The molecular weight excluding hydrogens is 238 g/mol. The van der Waals surface area contributed by atoms with Crippen LogP contribution in [0, 0.1) is 13.8 Å². The van der Waals surface area contributed by atoms with Crippen molar-refractivity contribution in [2.75, 3.05) is 26.2 Å². The second-order valence-electron chi connectivity index (χ2n) is 4.23. The Morgan fingerprint density at radius 3 is 2.53 bits per heavy atom. The SMILES string of the molecule is Cc1sc(=O)n(CC(=O)N2CCNCC2)c1C. The zero-order chi connectivity index (χ0) is 12.4. The van der Waals surface area contributed by atoms with E-state index in [1.54, 1.807) is 4.57 Å². The van der Waals surface area contributed by atoms with Gasteiger partial charge in [0.05, 0.1) is 0 Å². The lowest BCUT2D eigenvalue weighted by Gasteiger charge is -2.27. The zero-order valence-electron chi connectivity index (χ0n) is 10.2. The lowest BCUT2D eigenvalue weighted by Crippen LogP contribution is -2.47. The molecule has 6 heteroatoms. The fourth-order valence-electron chi connectivity index (χ4n) is 1.92. The average molecular weight is 255 g/mol. The van der Waals surface area contributed by atoms with Gasteiger partial charge in [0.2, 0.25) is 5.91 Å². The molecule has 17 heavy (non-hydrogen) atoms. The summed E-state index contributed by atoms with van der Waals surface area (Å²) >= 11 is 1.21. The number of hydrogen-bond donors (Lipinski definition) is 1. The largest absolute Gasteiger partial charge is 0.339 e. The Kier molecular flexibility index (Phi) is 3.63. The van der Waals surface area contributed by atoms with Gasteiger partial charge < -0.3 is 10.2 Å². The van der Waals surface area contributed by atoms with E-state index in [1.165, 1.54) is 11.3 Å². The smallest absolute Gasteiger partial charge is 0.308 e. The number of piperazine rings is 1. The van der Waals surface area contributed by atoms with E-state index in [1.807, 2.05) is 18.7 Å². The van der Waals surface area contributed by atoms with E-state index in [4.69, 9.17) is 0 Å². The number of carbonyl (C=O) groups is 1. The highest BCUT2D eigenvalue weighted by Crippen LogP contribution is 2.09. The predicted octanol–water partition coefficient (Wildman–Crippen LogP) is -0.0416. The minimum Gasteiger partial charge on any atom is -0.339 e. The normalized spacial score (nSPS) is 16.2. The maximum atomic E-state index is 12.0. The molecule has 1 saturated heterocycles. The maximum absolute atomic E-state index is 12.0. The van der Waals surface area contributed by atoms with Crippen molar-refractivity contribution in [2.24, 2.45) is 0 Å². The third-order valence-corrected chi connectivity index (χ3v) is 4.13. The van der Waals surface area contributed by atoms with E-state index in [9.17, 15) is 9.59 Å². The molecule has 0 bridgehead atoms. The quantitative estimate of drug-likeness (QED) is 0.806. The Hall–Kier alpha value is -1.14. The van der Waals surface area contributed by atoms with Gasteiger partial charge in [-0.25, -0.2) is 0 Å². The molecule has 1 aliphatic rings. The van der Waals surface area contributed by atoms with Crippen LogP contribution in [0.2, 0.25) is 0 Å². The topological polar surface area (TPSA) is 54.3 Å². The van der Waals surface area contributed by atoms with Crippen LogP contribution in [0.1, 0.15) is 10.6 Å². The van der Waals surface area contributed by atoms with Crippen LogP contribution in [0.5, 0.6) is 0 Å². The van der Waals surface area contributed by atoms with Gasteiger partial charge in [0, 0.05) is 36.8 Å². The molecule has 0 aromatic carbocycles. The molecule has 0 unspecified atom stereocenters. The number of hydrogen-bond acceptors (Lipinski definition) is 4. The second kappa shape index (κ2) is 5.01. The third-order valence-electron chi connectivity index (χ3n) is 3.14. The number of carbonyl (C=O) groups excluding carboxylic acids is 1. The van der Waals surface area contributed by atoms with Crippen molar-refractivity contribution in [1.29, 1.82) is 0 Å². The fraction of sp³-hybridized carbons (Fsp3) is 0.636. The van der Waals surface area contributed by atoms with Gasteiger partial charge in [0.15, 0.2) is 0 Å². The standard InChI is InChI=1S/C11H17N3O2S/c1-8-9(2)17-11(16)14(8)7-10(15)13-5-3-12-4-6-13/h12H,3-7H2,1-2H3. The molecule has 0 spiro atoms. The summed E-state index contributed by atoms with van der Waals surface area (Å²) < 4.78 is 1.57. The number of nitrogens with zero attached hydrogens (tertiary/aromatic N) is 2. The van der Waals surface area contributed by atoms with Crippen molar-refractivity contribution >= 4 is 17.2 Å². The van der Waals surface area contributed by atoms with Crippen LogP contribution in [-0.4, -0.2) is 41.6 Å². The molecular formula is C11H17N3O2S. The Bertz CT molecular complexity index is 472. The lowest BCUT2D eigenvalue weighted by molar-refractivity contribution is -0.132. The summed E-state index contributed by atoms with van der Waals surface area (Å²) in [7, 11) is 0. The molecule has 0 radical (unpaired) electrons. The summed E-state index contributed by atoms with van der Waals surface area (Å²) in [6, 6.07) is 0. The molecule has 1 amide bonds. The van der Waals surface area contributed by atoms with Gasteiger partial charge in [-0.2, -0.15) is 0 Å². The third kappa shape index (κ3) is 2.58. The van der Waals surface area contributed by atoms with E-state index in [2.05, 4.69) is 5.32 Å². The van der Waals surface area contributed by atoms with Crippen molar-refractivity contribution in [3.05, 3.63) is 20.2 Å². The maximum Gasteiger partial charge on any atom is 0.308 e. The van der Waals surface area contributed by atoms with Crippen LogP contribution in [0.25, 0.3) is 0 Å². The van der Waals surface area contributed by atoms with E-state index in [0.29, 0.717) is 0 Å². The molecule has 0 saturated carbocycles. The molecule has 1 aromatic rings. The van der Waals surface area contributed by atoms with Gasteiger partial charge in [0.25, 0.3) is 0 Å². The van der Waals surface area contributed by atoms with Gasteiger partial charge in [0.1, 0.15) is 6.54 Å². The van der Waals surface area contributed by atoms with Crippen LogP contribution < -0.4 is 10.2 Å². The van der Waals surface area contributed by atoms with Gasteiger partial charge >= 0.3 is 4.87 Å². The van der Waals surface area contributed by atoms with Crippen LogP contribution in [0.15, 0.2) is 4.79 Å². The number of aromatic nitrogens is 1. The molecule has 1 aliphatic heterocycles. The summed E-state index contributed by atoms with van der Waals surface area (Å²) in [6.07, 6.45) is 0. The minimum atomic E-state index is -0.0384. The molecule has 0 aliphatic carbocycles. The highest BCUT2D eigenvalue weighted by atomic mass is 32.1. The van der Waals surface area contributed by atoms with Crippen molar-refractivity contribution in [1.82, 2.24) is 14.8 Å². The van der Waals surface area contributed by atoms with Crippen molar-refractivity contribution < 1.29 is 4.79 Å². The Labute approximate surface area is 104 Å². The van der Waals surface area contributed by atoms with Crippen LogP contribution in [0.4, 0.5) is 0 Å². The average Bonchev–Trinajstić information content (AvgIpc) is 2.57. The number of aryl methyl sites for hydroxylation is 1. The predicted molar refractivity (Wildman–Crippen MR) is 67.5 cm³/mol. The van der Waals surface area contributed by atoms with Gasteiger partial charge in [-0.15, -0.1) is 0 Å². The first-order valence-electron chi connectivity index (χ1n) is 5.75. The first kappa shape index (κ1) is 12.3. The van der Waals surface area contributed by atoms with Crippen molar-refractivity contribution in [3.8, 4) is 0 Å². The van der Waals surface area contributed by atoms with Gasteiger partial charge in [-0.3, -0.25) is 14.2 Å². The Balaban J connectivity index is 2.09. The first-order valence-corrected chi connectivity index (χ1v) is 6.56. The van der Waals surface area contributed by atoms with Crippen molar-refractivity contribution in [3.63, 3.8) is 0 Å². The molecule has 1 N–H and O–H groups in total. The van der Waals surface area contributed by atoms with E-state index in [-0.39, 0.29) is 17.3 Å².